The molecule has 1 unspecified atom stereocenters. The maximum absolute atomic E-state index is 5.99. The molecule has 1 aromatic heterocycles. The van der Waals surface area contributed by atoms with Gasteiger partial charge < -0.3 is 5.32 Å². The first kappa shape index (κ1) is 14.0. The second-order valence-corrected chi connectivity index (χ2v) is 4.96. The molecule has 0 radical (unpaired) electrons. The summed E-state index contributed by atoms with van der Waals surface area (Å²) < 4.78 is 0. The number of rotatable bonds is 4. The Kier molecular flexibility index (Phi) is 4.51. The minimum atomic E-state index is 0.262. The predicted molar refractivity (Wildman–Crippen MR) is 79.3 cm³/mol. The van der Waals surface area contributed by atoms with Gasteiger partial charge in [-0.25, -0.2) is 9.97 Å². The molecule has 0 aliphatic carbocycles. The van der Waals surface area contributed by atoms with Crippen LogP contribution in [0, 0.1) is 6.92 Å². The number of benzene rings is 1. The highest BCUT2D eigenvalue weighted by molar-refractivity contribution is 6.30. The Morgan fingerprint density at radius 3 is 2.79 bits per heavy atom. The molecule has 0 aliphatic rings. The minimum Gasteiger partial charge on any atom is -0.310 e. The zero-order valence-electron chi connectivity index (χ0n) is 11.4. The van der Waals surface area contributed by atoms with Crippen LogP contribution in [0.5, 0.6) is 0 Å². The predicted octanol–water partition coefficient (Wildman–Crippen LogP) is 3.78. The van der Waals surface area contributed by atoms with Crippen LogP contribution in [0.25, 0.3) is 11.4 Å². The highest BCUT2D eigenvalue weighted by atomic mass is 35.5. The molecule has 0 fully saturated rings. The number of aryl methyl sites for hydroxylation is 1. The summed E-state index contributed by atoms with van der Waals surface area (Å²) in [6, 6.07) is 7.86. The van der Waals surface area contributed by atoms with E-state index in [-0.39, 0.29) is 6.04 Å². The molecule has 1 aromatic carbocycles. The van der Waals surface area contributed by atoms with Gasteiger partial charge >= 0.3 is 0 Å². The van der Waals surface area contributed by atoms with Crippen LogP contribution in [0.3, 0.4) is 0 Å². The fraction of sp³-hybridized carbons (Fsp3) is 0.333. The molecule has 1 N–H and O–H groups in total. The van der Waals surface area contributed by atoms with E-state index in [0.29, 0.717) is 10.8 Å². The zero-order chi connectivity index (χ0) is 13.8. The van der Waals surface area contributed by atoms with Crippen molar-refractivity contribution in [3.05, 3.63) is 46.7 Å². The van der Waals surface area contributed by atoms with Crippen LogP contribution in [0.15, 0.2) is 30.5 Å². The highest BCUT2D eigenvalue weighted by Gasteiger charge is 2.10. The molecule has 0 bridgehead atoms. The van der Waals surface area contributed by atoms with E-state index in [1.165, 1.54) is 0 Å². The largest absolute Gasteiger partial charge is 0.310 e. The molecule has 19 heavy (non-hydrogen) atoms. The van der Waals surface area contributed by atoms with Gasteiger partial charge in [0.2, 0.25) is 0 Å². The summed E-state index contributed by atoms with van der Waals surface area (Å²) in [5.74, 6) is 0.715. The zero-order valence-corrected chi connectivity index (χ0v) is 12.2. The van der Waals surface area contributed by atoms with E-state index in [1.807, 2.05) is 37.4 Å². The number of halogens is 1. The molecule has 2 aromatic rings. The van der Waals surface area contributed by atoms with E-state index in [2.05, 4.69) is 29.1 Å². The number of hydrogen-bond donors (Lipinski definition) is 1. The van der Waals surface area contributed by atoms with Gasteiger partial charge in [0, 0.05) is 34.1 Å². The van der Waals surface area contributed by atoms with Gasteiger partial charge in [-0.15, -0.1) is 0 Å². The van der Waals surface area contributed by atoms with E-state index in [1.54, 1.807) is 0 Å². The Morgan fingerprint density at radius 2 is 2.16 bits per heavy atom. The van der Waals surface area contributed by atoms with Gasteiger partial charge in [0.1, 0.15) is 0 Å². The molecule has 0 saturated carbocycles. The average molecular weight is 276 g/mol. The summed E-state index contributed by atoms with van der Waals surface area (Å²) in [6.45, 7) is 7.15. The first-order valence-corrected chi connectivity index (χ1v) is 6.82. The van der Waals surface area contributed by atoms with E-state index in [4.69, 9.17) is 11.6 Å². The van der Waals surface area contributed by atoms with Crippen LogP contribution in [0.1, 0.15) is 31.1 Å². The molecule has 0 spiro atoms. The lowest BCUT2D eigenvalue weighted by atomic mass is 10.1. The summed E-state index contributed by atoms with van der Waals surface area (Å²) in [6.07, 6.45) is 1.89. The number of aromatic nitrogens is 2. The molecule has 0 amide bonds. The minimum absolute atomic E-state index is 0.262. The Hall–Kier alpha value is -1.45. The third-order valence-corrected chi connectivity index (χ3v) is 3.31. The van der Waals surface area contributed by atoms with Crippen molar-refractivity contribution in [1.29, 1.82) is 0 Å². The van der Waals surface area contributed by atoms with Crippen LogP contribution < -0.4 is 5.32 Å². The summed E-state index contributed by atoms with van der Waals surface area (Å²) >= 11 is 5.99. The molecular weight excluding hydrogens is 258 g/mol. The van der Waals surface area contributed by atoms with Gasteiger partial charge in [-0.1, -0.05) is 30.7 Å². The van der Waals surface area contributed by atoms with Crippen LogP contribution in [-0.4, -0.2) is 16.5 Å². The van der Waals surface area contributed by atoms with Crippen molar-refractivity contribution < 1.29 is 0 Å². The lowest BCUT2D eigenvalue weighted by Crippen LogP contribution is -2.19. The summed E-state index contributed by atoms with van der Waals surface area (Å²) in [5.41, 5.74) is 3.07. The van der Waals surface area contributed by atoms with Crippen LogP contribution in [-0.2, 0) is 0 Å². The van der Waals surface area contributed by atoms with Gasteiger partial charge in [0.05, 0.1) is 0 Å². The quantitative estimate of drug-likeness (QED) is 0.923. The maximum atomic E-state index is 5.99. The molecule has 2 rings (SSSR count). The van der Waals surface area contributed by atoms with E-state index < -0.39 is 0 Å². The highest BCUT2D eigenvalue weighted by Crippen LogP contribution is 2.22. The van der Waals surface area contributed by atoms with Gasteiger partial charge in [-0.2, -0.15) is 0 Å². The molecule has 100 valence electrons. The van der Waals surface area contributed by atoms with E-state index in [9.17, 15) is 0 Å². The number of hydrogen-bond acceptors (Lipinski definition) is 3. The normalized spacial score (nSPS) is 12.4. The monoisotopic (exact) mass is 275 g/mol. The third-order valence-electron chi connectivity index (χ3n) is 3.08. The Morgan fingerprint density at radius 1 is 1.37 bits per heavy atom. The van der Waals surface area contributed by atoms with Gasteiger partial charge in [-0.05, 0) is 32.5 Å². The van der Waals surface area contributed by atoms with Crippen LogP contribution >= 0.6 is 11.6 Å². The van der Waals surface area contributed by atoms with Gasteiger partial charge in [0.15, 0.2) is 5.82 Å². The van der Waals surface area contributed by atoms with Crippen molar-refractivity contribution in [2.24, 2.45) is 0 Å². The number of nitrogens with zero attached hydrogens (tertiary/aromatic N) is 2. The molecular formula is C15H18ClN3. The molecule has 1 heterocycles. The molecule has 0 saturated heterocycles. The molecule has 1 atom stereocenters. The Labute approximate surface area is 119 Å². The molecule has 3 nitrogen and oxygen atoms in total. The maximum Gasteiger partial charge on any atom is 0.159 e. The van der Waals surface area contributed by atoms with Crippen molar-refractivity contribution in [3.63, 3.8) is 0 Å². The second-order valence-electron chi connectivity index (χ2n) is 4.52. The van der Waals surface area contributed by atoms with Crippen molar-refractivity contribution in [3.8, 4) is 11.4 Å². The van der Waals surface area contributed by atoms with Crippen molar-refractivity contribution >= 4 is 11.6 Å². The van der Waals surface area contributed by atoms with E-state index in [0.717, 1.165) is 23.4 Å². The van der Waals surface area contributed by atoms with E-state index >= 15 is 0 Å². The van der Waals surface area contributed by atoms with Crippen molar-refractivity contribution in [1.82, 2.24) is 15.3 Å². The Balaban J connectivity index is 2.33. The van der Waals surface area contributed by atoms with Crippen molar-refractivity contribution in [2.45, 2.75) is 26.8 Å². The van der Waals surface area contributed by atoms with Gasteiger partial charge in [0.25, 0.3) is 0 Å². The lowest BCUT2D eigenvalue weighted by Gasteiger charge is -2.15. The molecule has 4 heteroatoms. The smallest absolute Gasteiger partial charge is 0.159 e. The summed E-state index contributed by atoms with van der Waals surface area (Å²) in [4.78, 5) is 9.02. The lowest BCUT2D eigenvalue weighted by molar-refractivity contribution is 0.590. The van der Waals surface area contributed by atoms with Gasteiger partial charge in [-0.3, -0.25) is 0 Å². The topological polar surface area (TPSA) is 37.8 Å². The standard InChI is InChI=1S/C15H18ClN3/c1-4-17-10(2)14-9-18-15(19-11(14)3)12-6-5-7-13(16)8-12/h5-10,17H,4H2,1-3H3. The first-order valence-electron chi connectivity index (χ1n) is 6.44. The van der Waals surface area contributed by atoms with Crippen LogP contribution in [0.2, 0.25) is 5.02 Å². The van der Waals surface area contributed by atoms with Crippen LogP contribution in [0.4, 0.5) is 0 Å². The molecule has 0 aliphatic heterocycles. The number of nitrogens with one attached hydrogen (secondary N) is 1. The first-order chi connectivity index (χ1) is 9.11. The Bertz CT molecular complexity index is 569. The summed E-state index contributed by atoms with van der Waals surface area (Å²) in [5, 5.41) is 4.07. The fourth-order valence-corrected chi connectivity index (χ4v) is 2.27. The fourth-order valence-electron chi connectivity index (χ4n) is 2.08. The summed E-state index contributed by atoms with van der Waals surface area (Å²) in [7, 11) is 0. The SMILES string of the molecule is CCNC(C)c1cnc(-c2cccc(Cl)c2)nc1C. The average Bonchev–Trinajstić information content (AvgIpc) is 2.38. The third kappa shape index (κ3) is 3.31. The van der Waals surface area contributed by atoms with Crippen molar-refractivity contribution in [2.75, 3.05) is 6.54 Å². The second kappa shape index (κ2) is 6.13.